The van der Waals surface area contributed by atoms with Gasteiger partial charge in [0.1, 0.15) is 11.0 Å². The molecular weight excluding hydrogens is 286 g/mol. The number of benzene rings is 1. The maximum Gasteiger partial charge on any atom is 0.163 e. The molecule has 0 saturated heterocycles. The lowest BCUT2D eigenvalue weighted by atomic mass is 10.1. The van der Waals surface area contributed by atoms with E-state index < -0.39 is 0 Å². The Labute approximate surface area is 130 Å². The van der Waals surface area contributed by atoms with E-state index in [1.807, 2.05) is 44.2 Å². The van der Waals surface area contributed by atoms with Crippen molar-refractivity contribution >= 4 is 17.4 Å². The molecule has 21 heavy (non-hydrogen) atoms. The van der Waals surface area contributed by atoms with Gasteiger partial charge in [-0.15, -0.1) is 0 Å². The van der Waals surface area contributed by atoms with Crippen LogP contribution in [0.15, 0.2) is 30.3 Å². The van der Waals surface area contributed by atoms with Crippen LogP contribution in [-0.2, 0) is 6.42 Å². The van der Waals surface area contributed by atoms with Crippen LogP contribution in [0, 0.1) is 0 Å². The quantitative estimate of drug-likeness (QED) is 0.801. The van der Waals surface area contributed by atoms with E-state index in [-0.39, 0.29) is 12.6 Å². The Balaban J connectivity index is 2.44. The van der Waals surface area contributed by atoms with Gasteiger partial charge in [0.15, 0.2) is 5.82 Å². The lowest BCUT2D eigenvalue weighted by Crippen LogP contribution is -2.24. The molecule has 0 aliphatic carbocycles. The van der Waals surface area contributed by atoms with Gasteiger partial charge in [-0.25, -0.2) is 9.97 Å². The largest absolute Gasteiger partial charge is 0.394 e. The van der Waals surface area contributed by atoms with Crippen LogP contribution >= 0.6 is 11.6 Å². The first-order valence-corrected chi connectivity index (χ1v) is 7.56. The van der Waals surface area contributed by atoms with Gasteiger partial charge in [0.05, 0.1) is 12.6 Å². The lowest BCUT2D eigenvalue weighted by molar-refractivity contribution is 0.271. The molecule has 0 fully saturated rings. The van der Waals surface area contributed by atoms with E-state index >= 15 is 0 Å². The Morgan fingerprint density at radius 1 is 1.19 bits per heavy atom. The summed E-state index contributed by atoms with van der Waals surface area (Å²) in [4.78, 5) is 8.98. The van der Waals surface area contributed by atoms with Crippen molar-refractivity contribution in [3.63, 3.8) is 0 Å². The van der Waals surface area contributed by atoms with Gasteiger partial charge in [0.25, 0.3) is 0 Å². The molecule has 0 saturated carbocycles. The summed E-state index contributed by atoms with van der Waals surface area (Å²) in [6.07, 6.45) is 1.54. The average molecular weight is 306 g/mol. The smallest absolute Gasteiger partial charge is 0.163 e. The topological polar surface area (TPSA) is 58.0 Å². The molecule has 1 aromatic heterocycles. The number of anilines is 1. The summed E-state index contributed by atoms with van der Waals surface area (Å²) in [6.45, 7) is 4.08. The van der Waals surface area contributed by atoms with E-state index in [2.05, 4.69) is 15.3 Å². The van der Waals surface area contributed by atoms with Crippen molar-refractivity contribution in [3.8, 4) is 11.4 Å². The Hall–Kier alpha value is -1.65. The molecule has 0 unspecified atom stereocenters. The minimum Gasteiger partial charge on any atom is -0.394 e. The van der Waals surface area contributed by atoms with E-state index in [0.717, 1.165) is 24.0 Å². The molecule has 2 aromatic rings. The normalized spacial score (nSPS) is 12.2. The standard InChI is InChI=1S/C16H20ClN3O/c1-3-12(10-21)18-16-13(4-2)14(17)19-15(20-16)11-8-6-5-7-9-11/h5-9,12,21H,3-4,10H2,1-2H3,(H,18,19,20)/t12-/m1/s1. The first-order valence-electron chi connectivity index (χ1n) is 7.18. The van der Waals surface area contributed by atoms with Gasteiger partial charge in [-0.1, -0.05) is 55.8 Å². The third kappa shape index (κ3) is 3.71. The van der Waals surface area contributed by atoms with Crippen molar-refractivity contribution < 1.29 is 5.11 Å². The maximum absolute atomic E-state index is 9.37. The van der Waals surface area contributed by atoms with Crippen LogP contribution in [0.4, 0.5) is 5.82 Å². The number of nitrogens with zero attached hydrogens (tertiary/aromatic N) is 2. The molecule has 0 amide bonds. The molecule has 1 heterocycles. The van der Waals surface area contributed by atoms with Gasteiger partial charge in [-0.2, -0.15) is 0 Å². The fraction of sp³-hybridized carbons (Fsp3) is 0.375. The number of aliphatic hydroxyl groups excluding tert-OH is 1. The molecule has 0 bridgehead atoms. The Morgan fingerprint density at radius 3 is 2.48 bits per heavy atom. The van der Waals surface area contributed by atoms with Crippen LogP contribution in [0.25, 0.3) is 11.4 Å². The number of halogens is 1. The molecular formula is C16H20ClN3O. The summed E-state index contributed by atoms with van der Waals surface area (Å²) in [5.74, 6) is 1.30. The second-order valence-electron chi connectivity index (χ2n) is 4.82. The van der Waals surface area contributed by atoms with Crippen molar-refractivity contribution in [1.82, 2.24) is 9.97 Å². The highest BCUT2D eigenvalue weighted by atomic mass is 35.5. The highest BCUT2D eigenvalue weighted by molar-refractivity contribution is 6.30. The number of aliphatic hydroxyl groups is 1. The fourth-order valence-corrected chi connectivity index (χ4v) is 2.38. The predicted molar refractivity (Wildman–Crippen MR) is 86.6 cm³/mol. The number of nitrogens with one attached hydrogen (secondary N) is 1. The van der Waals surface area contributed by atoms with Gasteiger partial charge in [-0.3, -0.25) is 0 Å². The monoisotopic (exact) mass is 305 g/mol. The minimum absolute atomic E-state index is 0.0371. The molecule has 0 aliphatic rings. The molecule has 0 spiro atoms. The summed E-state index contributed by atoms with van der Waals surface area (Å²) >= 11 is 6.30. The summed E-state index contributed by atoms with van der Waals surface area (Å²) in [5.41, 5.74) is 1.80. The maximum atomic E-state index is 9.37. The first kappa shape index (κ1) is 15.7. The SMILES string of the molecule is CCc1c(Cl)nc(-c2ccccc2)nc1N[C@H](CC)CO. The zero-order valence-electron chi connectivity index (χ0n) is 12.3. The van der Waals surface area contributed by atoms with Gasteiger partial charge in [-0.05, 0) is 12.8 Å². The second-order valence-corrected chi connectivity index (χ2v) is 5.17. The summed E-state index contributed by atoms with van der Waals surface area (Å²) < 4.78 is 0. The number of aromatic nitrogens is 2. The molecule has 1 atom stereocenters. The predicted octanol–water partition coefficient (Wildman–Crippen LogP) is 3.54. The van der Waals surface area contributed by atoms with Crippen LogP contribution < -0.4 is 5.32 Å². The van der Waals surface area contributed by atoms with Crippen LogP contribution in [0.3, 0.4) is 0 Å². The van der Waals surface area contributed by atoms with E-state index in [1.54, 1.807) is 0 Å². The third-order valence-corrected chi connectivity index (χ3v) is 3.71. The highest BCUT2D eigenvalue weighted by Gasteiger charge is 2.15. The van der Waals surface area contributed by atoms with Gasteiger partial charge < -0.3 is 10.4 Å². The zero-order chi connectivity index (χ0) is 15.2. The Morgan fingerprint density at radius 2 is 1.90 bits per heavy atom. The van der Waals surface area contributed by atoms with Crippen LogP contribution in [0.2, 0.25) is 5.15 Å². The van der Waals surface area contributed by atoms with E-state index in [9.17, 15) is 5.11 Å². The van der Waals surface area contributed by atoms with E-state index in [4.69, 9.17) is 11.6 Å². The Bertz CT molecular complexity index is 586. The third-order valence-electron chi connectivity index (χ3n) is 3.40. The second kappa shape index (κ2) is 7.38. The fourth-order valence-electron chi connectivity index (χ4n) is 2.08. The van der Waals surface area contributed by atoms with E-state index in [1.165, 1.54) is 0 Å². The minimum atomic E-state index is -0.0371. The average Bonchev–Trinajstić information content (AvgIpc) is 2.53. The van der Waals surface area contributed by atoms with Crippen molar-refractivity contribution in [2.45, 2.75) is 32.7 Å². The molecule has 2 rings (SSSR count). The van der Waals surface area contributed by atoms with Crippen molar-refractivity contribution in [2.75, 3.05) is 11.9 Å². The van der Waals surface area contributed by atoms with Gasteiger partial charge in [0, 0.05) is 11.1 Å². The highest BCUT2D eigenvalue weighted by Crippen LogP contribution is 2.26. The van der Waals surface area contributed by atoms with Crippen LogP contribution in [0.5, 0.6) is 0 Å². The molecule has 0 radical (unpaired) electrons. The first-order chi connectivity index (χ1) is 10.2. The number of hydrogen-bond donors (Lipinski definition) is 2. The molecule has 0 aliphatic heterocycles. The number of rotatable bonds is 6. The van der Waals surface area contributed by atoms with Crippen LogP contribution in [0.1, 0.15) is 25.8 Å². The van der Waals surface area contributed by atoms with Gasteiger partial charge >= 0.3 is 0 Å². The van der Waals surface area contributed by atoms with E-state index in [0.29, 0.717) is 16.8 Å². The summed E-state index contributed by atoms with van der Waals surface area (Å²) in [5, 5.41) is 13.1. The molecule has 112 valence electrons. The lowest BCUT2D eigenvalue weighted by Gasteiger charge is -2.18. The van der Waals surface area contributed by atoms with Crippen LogP contribution in [-0.4, -0.2) is 27.7 Å². The molecule has 4 nitrogen and oxygen atoms in total. The summed E-state index contributed by atoms with van der Waals surface area (Å²) in [6, 6.07) is 9.69. The zero-order valence-corrected chi connectivity index (χ0v) is 13.1. The Kier molecular flexibility index (Phi) is 5.53. The molecule has 5 heteroatoms. The molecule has 1 aromatic carbocycles. The van der Waals surface area contributed by atoms with Crippen molar-refractivity contribution in [3.05, 3.63) is 41.0 Å². The molecule has 2 N–H and O–H groups in total. The van der Waals surface area contributed by atoms with Crippen molar-refractivity contribution in [1.29, 1.82) is 0 Å². The van der Waals surface area contributed by atoms with Gasteiger partial charge in [0.2, 0.25) is 0 Å². The summed E-state index contributed by atoms with van der Waals surface area (Å²) in [7, 11) is 0. The number of hydrogen-bond acceptors (Lipinski definition) is 4. The van der Waals surface area contributed by atoms with Crippen molar-refractivity contribution in [2.24, 2.45) is 0 Å².